The average Bonchev–Trinajstić information content (AvgIpc) is 3.20. The quantitative estimate of drug-likeness (QED) is 0.267. The first-order valence-corrected chi connectivity index (χ1v) is 9.14. The molecule has 0 atom stereocenters. The Morgan fingerprint density at radius 2 is 2.07 bits per heavy atom. The highest BCUT2D eigenvalue weighted by molar-refractivity contribution is 7.99. The molecule has 0 aliphatic rings. The van der Waals surface area contributed by atoms with Gasteiger partial charge in [0.25, 0.3) is 0 Å². The zero-order chi connectivity index (χ0) is 18.6. The lowest BCUT2D eigenvalue weighted by molar-refractivity contribution is -0.105. The number of pyridine rings is 1. The molecule has 0 aliphatic heterocycles. The van der Waals surface area contributed by atoms with Crippen LogP contribution in [0.1, 0.15) is 0 Å². The molecule has 0 aliphatic carbocycles. The summed E-state index contributed by atoms with van der Waals surface area (Å²) in [5, 5.41) is 19.1. The summed E-state index contributed by atoms with van der Waals surface area (Å²) in [6, 6.07) is 13.6. The maximum absolute atomic E-state index is 10.5. The van der Waals surface area contributed by atoms with Crippen molar-refractivity contribution in [2.75, 3.05) is 11.2 Å². The highest BCUT2D eigenvalue weighted by Gasteiger charge is 2.11. The summed E-state index contributed by atoms with van der Waals surface area (Å²) >= 11 is 1.25. The van der Waals surface area contributed by atoms with E-state index in [1.54, 1.807) is 12.3 Å². The predicted molar refractivity (Wildman–Crippen MR) is 105 cm³/mol. The van der Waals surface area contributed by atoms with E-state index in [4.69, 9.17) is 0 Å². The molecule has 7 nitrogen and oxygen atoms in total. The van der Waals surface area contributed by atoms with E-state index in [0.717, 1.165) is 33.7 Å². The Kier molecular flexibility index (Phi) is 4.82. The van der Waals surface area contributed by atoms with E-state index in [9.17, 15) is 10.0 Å². The van der Waals surface area contributed by atoms with Gasteiger partial charge in [0.15, 0.2) is 5.82 Å². The monoisotopic (exact) mass is 377 g/mol. The minimum atomic E-state index is 0.296. The second kappa shape index (κ2) is 7.56. The van der Waals surface area contributed by atoms with Crippen LogP contribution in [0.5, 0.6) is 0 Å². The van der Waals surface area contributed by atoms with Gasteiger partial charge in [0.1, 0.15) is 6.29 Å². The molecule has 134 valence electrons. The fourth-order valence-corrected chi connectivity index (χ4v) is 3.39. The summed E-state index contributed by atoms with van der Waals surface area (Å²) < 4.78 is 0. The molecule has 4 rings (SSSR count). The molecule has 0 saturated carbocycles. The summed E-state index contributed by atoms with van der Waals surface area (Å²) in [6.45, 7) is 0. The second-order valence-corrected chi connectivity index (χ2v) is 6.74. The van der Waals surface area contributed by atoms with E-state index < -0.39 is 0 Å². The van der Waals surface area contributed by atoms with Gasteiger partial charge in [0.2, 0.25) is 5.16 Å². The maximum Gasteiger partial charge on any atom is 0.209 e. The van der Waals surface area contributed by atoms with E-state index in [-0.39, 0.29) is 0 Å². The largest absolute Gasteiger partial charge is 0.302 e. The van der Waals surface area contributed by atoms with Crippen molar-refractivity contribution in [3.8, 4) is 22.5 Å². The number of rotatable bonds is 6. The van der Waals surface area contributed by atoms with Gasteiger partial charge in [-0.3, -0.25) is 20.8 Å². The number of carbonyl (C=O) groups excluding carboxylic acids is 1. The average molecular weight is 377 g/mol. The lowest BCUT2D eigenvalue weighted by atomic mass is 9.97. The fourth-order valence-electron chi connectivity index (χ4n) is 2.91. The van der Waals surface area contributed by atoms with E-state index in [0.29, 0.717) is 22.4 Å². The molecule has 0 spiro atoms. The molecule has 2 aromatic heterocycles. The summed E-state index contributed by atoms with van der Waals surface area (Å²) in [4.78, 5) is 19.1. The Morgan fingerprint density at radius 1 is 1.19 bits per heavy atom. The molecular weight excluding hydrogens is 362 g/mol. The van der Waals surface area contributed by atoms with Crippen LogP contribution >= 0.6 is 11.8 Å². The van der Waals surface area contributed by atoms with Crippen LogP contribution in [-0.4, -0.2) is 37.4 Å². The smallest absolute Gasteiger partial charge is 0.209 e. The van der Waals surface area contributed by atoms with Crippen LogP contribution in [0.15, 0.2) is 60.0 Å². The first-order chi connectivity index (χ1) is 13.3. The number of benzene rings is 2. The Bertz CT molecular complexity index is 1110. The van der Waals surface area contributed by atoms with Crippen LogP contribution < -0.4 is 5.48 Å². The summed E-state index contributed by atoms with van der Waals surface area (Å²) in [5.41, 5.74) is 5.44. The molecule has 2 aromatic carbocycles. The van der Waals surface area contributed by atoms with Crippen molar-refractivity contribution in [2.45, 2.75) is 5.16 Å². The summed E-state index contributed by atoms with van der Waals surface area (Å²) in [6.07, 6.45) is 4.39. The van der Waals surface area contributed by atoms with Crippen molar-refractivity contribution in [2.24, 2.45) is 0 Å². The number of H-pyrrole nitrogens is 1. The third-order valence-electron chi connectivity index (χ3n) is 4.07. The van der Waals surface area contributed by atoms with Gasteiger partial charge in [-0.15, -0.1) is 5.10 Å². The van der Waals surface area contributed by atoms with Gasteiger partial charge >= 0.3 is 0 Å². The third kappa shape index (κ3) is 3.53. The van der Waals surface area contributed by atoms with E-state index in [2.05, 4.69) is 25.6 Å². The normalized spacial score (nSPS) is 10.9. The topological polar surface area (TPSA) is 104 Å². The van der Waals surface area contributed by atoms with Crippen LogP contribution in [0, 0.1) is 0 Å². The number of nitrogens with one attached hydrogen (secondary N) is 2. The molecule has 4 aromatic rings. The van der Waals surface area contributed by atoms with E-state index in [1.807, 2.05) is 42.6 Å². The molecule has 0 fully saturated rings. The van der Waals surface area contributed by atoms with E-state index in [1.165, 1.54) is 11.8 Å². The molecule has 2 heterocycles. The van der Waals surface area contributed by atoms with Crippen molar-refractivity contribution >= 4 is 34.5 Å². The van der Waals surface area contributed by atoms with Gasteiger partial charge in [0.05, 0.1) is 11.4 Å². The predicted octanol–water partition coefficient (Wildman–Crippen LogP) is 3.78. The van der Waals surface area contributed by atoms with Gasteiger partial charge < -0.3 is 4.79 Å². The van der Waals surface area contributed by atoms with Gasteiger partial charge in [-0.05, 0) is 40.8 Å². The first kappa shape index (κ1) is 17.2. The highest BCUT2D eigenvalue weighted by Crippen LogP contribution is 2.33. The second-order valence-electron chi connectivity index (χ2n) is 5.76. The van der Waals surface area contributed by atoms with Gasteiger partial charge in [-0.2, -0.15) is 0 Å². The number of fused-ring (bicyclic) bond motifs is 1. The van der Waals surface area contributed by atoms with Crippen molar-refractivity contribution in [1.82, 2.24) is 20.2 Å². The molecule has 0 radical (unpaired) electrons. The van der Waals surface area contributed by atoms with Crippen molar-refractivity contribution in [3.63, 3.8) is 0 Å². The van der Waals surface area contributed by atoms with Crippen molar-refractivity contribution in [3.05, 3.63) is 54.9 Å². The van der Waals surface area contributed by atoms with Crippen molar-refractivity contribution in [1.29, 1.82) is 0 Å². The number of aromatic amines is 1. The SMILES string of the molecule is O=CCSc1n[nH]c(-c2cc(NO)cc(-c3cccc4cnccc34)c2)n1. The van der Waals surface area contributed by atoms with Crippen LogP contribution in [0.25, 0.3) is 33.3 Å². The van der Waals surface area contributed by atoms with Gasteiger partial charge in [0, 0.05) is 23.3 Å². The highest BCUT2D eigenvalue weighted by atomic mass is 32.2. The Balaban J connectivity index is 1.81. The standard InChI is InChI=1S/C19H15N5O2S/c25-6-7-27-19-21-18(22-23-19)14-8-13(9-15(10-14)24-26)16-3-1-2-12-11-20-5-4-17(12)16/h1-6,8-11,24,26H,7H2,(H,21,22,23). The summed E-state index contributed by atoms with van der Waals surface area (Å²) in [5.74, 6) is 0.855. The minimum absolute atomic E-state index is 0.296. The number of anilines is 1. The lowest BCUT2D eigenvalue weighted by Crippen LogP contribution is -1.93. The first-order valence-electron chi connectivity index (χ1n) is 8.16. The molecule has 3 N–H and O–H groups in total. The zero-order valence-electron chi connectivity index (χ0n) is 14.1. The fraction of sp³-hybridized carbons (Fsp3) is 0.0526. The molecule has 8 heteroatoms. The number of aldehydes is 1. The molecular formula is C19H15N5O2S. The third-order valence-corrected chi connectivity index (χ3v) is 4.82. The Hall–Kier alpha value is -3.23. The molecule has 27 heavy (non-hydrogen) atoms. The molecule has 0 saturated heterocycles. The van der Waals surface area contributed by atoms with Crippen LogP contribution in [0.2, 0.25) is 0 Å². The molecule has 0 amide bonds. The van der Waals surface area contributed by atoms with E-state index >= 15 is 0 Å². The van der Waals surface area contributed by atoms with Crippen molar-refractivity contribution < 1.29 is 10.0 Å². The summed E-state index contributed by atoms with van der Waals surface area (Å²) in [7, 11) is 0. The molecule has 0 bridgehead atoms. The Morgan fingerprint density at radius 3 is 2.93 bits per heavy atom. The number of nitrogens with zero attached hydrogens (tertiary/aromatic N) is 3. The molecule has 0 unspecified atom stereocenters. The van der Waals surface area contributed by atoms with Crippen LogP contribution in [-0.2, 0) is 4.79 Å². The number of hydrogen-bond donors (Lipinski definition) is 3. The van der Waals surface area contributed by atoms with Crippen LogP contribution in [0.3, 0.4) is 0 Å². The number of aromatic nitrogens is 4. The van der Waals surface area contributed by atoms with Crippen LogP contribution in [0.4, 0.5) is 5.69 Å². The number of carbonyl (C=O) groups is 1. The number of hydrogen-bond acceptors (Lipinski definition) is 7. The Labute approximate surface area is 158 Å². The number of thioether (sulfide) groups is 1. The maximum atomic E-state index is 10.5. The van der Waals surface area contributed by atoms with Gasteiger partial charge in [-0.25, -0.2) is 4.98 Å². The lowest BCUT2D eigenvalue weighted by Gasteiger charge is -2.10. The minimum Gasteiger partial charge on any atom is -0.302 e. The van der Waals surface area contributed by atoms with Gasteiger partial charge in [-0.1, -0.05) is 30.0 Å². The zero-order valence-corrected chi connectivity index (χ0v) is 14.9.